The van der Waals surface area contributed by atoms with Gasteiger partial charge < -0.3 is 10.3 Å². The Bertz CT molecular complexity index is 470. The van der Waals surface area contributed by atoms with E-state index in [2.05, 4.69) is 55.3 Å². The van der Waals surface area contributed by atoms with E-state index in [-0.39, 0.29) is 0 Å². The van der Waals surface area contributed by atoms with Crippen molar-refractivity contribution in [3.8, 4) is 0 Å². The summed E-state index contributed by atoms with van der Waals surface area (Å²) in [5, 5.41) is 4.88. The highest BCUT2D eigenvalue weighted by atomic mass is 14.9. The summed E-state index contributed by atoms with van der Waals surface area (Å²) in [4.78, 5) is 3.31. The van der Waals surface area contributed by atoms with Crippen LogP contribution in [0, 0.1) is 5.92 Å². The highest BCUT2D eigenvalue weighted by molar-refractivity contribution is 5.82. The summed E-state index contributed by atoms with van der Waals surface area (Å²) in [6.07, 6.45) is 3.23. The molecule has 92 valence electrons. The molecule has 1 aromatic heterocycles. The van der Waals surface area contributed by atoms with Crippen LogP contribution in [0.4, 0.5) is 0 Å². The Kier molecular flexibility index (Phi) is 3.85. The van der Waals surface area contributed by atoms with Crippen molar-refractivity contribution < 1.29 is 0 Å². The number of rotatable bonds is 5. The van der Waals surface area contributed by atoms with Crippen LogP contribution in [0.25, 0.3) is 10.9 Å². The molecule has 0 bridgehead atoms. The van der Waals surface area contributed by atoms with Crippen LogP contribution in [0.3, 0.4) is 0 Å². The van der Waals surface area contributed by atoms with Gasteiger partial charge in [-0.05, 0) is 36.3 Å². The van der Waals surface area contributed by atoms with Crippen LogP contribution in [0.1, 0.15) is 32.8 Å². The third-order valence-corrected chi connectivity index (χ3v) is 3.14. The van der Waals surface area contributed by atoms with Crippen LogP contribution in [0.15, 0.2) is 30.5 Å². The number of nitrogens with one attached hydrogen (secondary N) is 2. The lowest BCUT2D eigenvalue weighted by atomic mass is 10.0. The first-order valence-electron chi connectivity index (χ1n) is 6.45. The topological polar surface area (TPSA) is 27.8 Å². The summed E-state index contributed by atoms with van der Waals surface area (Å²) in [6, 6.07) is 9.15. The average Bonchev–Trinajstić information content (AvgIpc) is 2.73. The van der Waals surface area contributed by atoms with Gasteiger partial charge in [-0.3, -0.25) is 0 Å². The molecule has 2 N–H and O–H groups in total. The number of hydrogen-bond acceptors (Lipinski definition) is 1. The molecule has 2 nitrogen and oxygen atoms in total. The predicted molar refractivity (Wildman–Crippen MR) is 74.1 cm³/mol. The zero-order chi connectivity index (χ0) is 12.3. The van der Waals surface area contributed by atoms with Crippen molar-refractivity contribution in [2.24, 2.45) is 5.92 Å². The van der Waals surface area contributed by atoms with Crippen LogP contribution in [0.2, 0.25) is 0 Å². The first kappa shape index (κ1) is 12.2. The molecule has 17 heavy (non-hydrogen) atoms. The molecular weight excluding hydrogens is 208 g/mol. The highest BCUT2D eigenvalue weighted by Crippen LogP contribution is 2.17. The normalized spacial score (nSPS) is 13.4. The van der Waals surface area contributed by atoms with Gasteiger partial charge in [-0.1, -0.05) is 32.0 Å². The first-order chi connectivity index (χ1) is 8.16. The molecule has 0 amide bonds. The molecule has 0 saturated heterocycles. The molecule has 1 unspecified atom stereocenters. The average molecular weight is 230 g/mol. The lowest BCUT2D eigenvalue weighted by molar-refractivity contribution is 0.442. The Morgan fingerprint density at radius 1 is 1.18 bits per heavy atom. The zero-order valence-corrected chi connectivity index (χ0v) is 11.0. The fourth-order valence-corrected chi connectivity index (χ4v) is 2.37. The van der Waals surface area contributed by atoms with E-state index in [1.807, 2.05) is 6.20 Å². The maximum absolute atomic E-state index is 3.59. The lowest BCUT2D eigenvalue weighted by Crippen LogP contribution is -2.26. The van der Waals surface area contributed by atoms with Gasteiger partial charge in [0.05, 0.1) is 0 Å². The van der Waals surface area contributed by atoms with E-state index in [4.69, 9.17) is 0 Å². The van der Waals surface area contributed by atoms with Crippen LogP contribution in [0.5, 0.6) is 0 Å². The summed E-state index contributed by atoms with van der Waals surface area (Å²) in [7, 11) is 0. The van der Waals surface area contributed by atoms with Crippen molar-refractivity contribution in [1.82, 2.24) is 10.3 Å². The minimum Gasteiger partial charge on any atom is -0.361 e. The van der Waals surface area contributed by atoms with Gasteiger partial charge in [0.25, 0.3) is 0 Å². The lowest BCUT2D eigenvalue weighted by Gasteiger charge is -2.16. The predicted octanol–water partition coefficient (Wildman–Crippen LogP) is 3.69. The minimum atomic E-state index is 0.570. The van der Waals surface area contributed by atoms with Crippen molar-refractivity contribution in [2.75, 3.05) is 0 Å². The molecule has 1 heterocycles. The van der Waals surface area contributed by atoms with Gasteiger partial charge in [0, 0.05) is 24.3 Å². The number of H-pyrrole nitrogens is 1. The molecule has 2 rings (SSSR count). The van der Waals surface area contributed by atoms with Crippen LogP contribution >= 0.6 is 0 Å². The second kappa shape index (κ2) is 5.37. The van der Waals surface area contributed by atoms with E-state index in [9.17, 15) is 0 Å². The van der Waals surface area contributed by atoms with E-state index >= 15 is 0 Å². The van der Waals surface area contributed by atoms with E-state index in [1.165, 1.54) is 22.9 Å². The third-order valence-electron chi connectivity index (χ3n) is 3.14. The van der Waals surface area contributed by atoms with Crippen molar-refractivity contribution in [2.45, 2.75) is 39.8 Å². The largest absolute Gasteiger partial charge is 0.361 e. The second-order valence-electron chi connectivity index (χ2n) is 5.27. The van der Waals surface area contributed by atoms with E-state index in [1.54, 1.807) is 0 Å². The summed E-state index contributed by atoms with van der Waals surface area (Å²) in [5.41, 5.74) is 2.61. The zero-order valence-electron chi connectivity index (χ0n) is 11.0. The monoisotopic (exact) mass is 230 g/mol. The summed E-state index contributed by atoms with van der Waals surface area (Å²) in [6.45, 7) is 7.73. The molecule has 2 heteroatoms. The fourth-order valence-electron chi connectivity index (χ4n) is 2.37. The quantitative estimate of drug-likeness (QED) is 0.805. The Balaban J connectivity index is 2.01. The summed E-state index contributed by atoms with van der Waals surface area (Å²) < 4.78 is 0. The molecule has 0 radical (unpaired) electrons. The number of aromatic nitrogens is 1. The van der Waals surface area contributed by atoms with Crippen molar-refractivity contribution in [3.63, 3.8) is 0 Å². The van der Waals surface area contributed by atoms with Crippen molar-refractivity contribution in [3.05, 3.63) is 36.0 Å². The Morgan fingerprint density at radius 2 is 2.00 bits per heavy atom. The number of fused-ring (bicyclic) bond motifs is 1. The molecule has 0 saturated carbocycles. The molecule has 0 aliphatic heterocycles. The van der Waals surface area contributed by atoms with Gasteiger partial charge in [-0.2, -0.15) is 0 Å². The second-order valence-corrected chi connectivity index (χ2v) is 5.27. The van der Waals surface area contributed by atoms with Crippen LogP contribution < -0.4 is 5.32 Å². The summed E-state index contributed by atoms with van der Waals surface area (Å²) >= 11 is 0. The molecule has 1 aromatic carbocycles. The molecule has 0 fully saturated rings. The Hall–Kier alpha value is -1.28. The molecule has 0 spiro atoms. The van der Waals surface area contributed by atoms with Gasteiger partial charge in [-0.25, -0.2) is 0 Å². The van der Waals surface area contributed by atoms with Crippen LogP contribution in [-0.2, 0) is 6.54 Å². The number of benzene rings is 1. The molecule has 2 aromatic rings. The standard InChI is InChI=1S/C15H22N2/c1-11(2)9-12(3)17-10-14-6-4-5-13-7-8-16-15(13)14/h4-8,11-12,16-17H,9-10H2,1-3H3. The number of hydrogen-bond donors (Lipinski definition) is 2. The fraction of sp³-hybridized carbons (Fsp3) is 0.467. The molecule has 1 atom stereocenters. The molecular formula is C15H22N2. The number of aromatic amines is 1. The van der Waals surface area contributed by atoms with Crippen molar-refractivity contribution in [1.29, 1.82) is 0 Å². The van der Waals surface area contributed by atoms with Gasteiger partial charge in [0.15, 0.2) is 0 Å². The van der Waals surface area contributed by atoms with Gasteiger partial charge in [0.2, 0.25) is 0 Å². The Labute approximate surface area is 103 Å². The number of para-hydroxylation sites is 1. The van der Waals surface area contributed by atoms with E-state index in [0.717, 1.165) is 12.5 Å². The van der Waals surface area contributed by atoms with Gasteiger partial charge in [0.1, 0.15) is 0 Å². The van der Waals surface area contributed by atoms with Gasteiger partial charge in [-0.15, -0.1) is 0 Å². The maximum atomic E-state index is 3.59. The molecule has 0 aliphatic rings. The minimum absolute atomic E-state index is 0.570. The van der Waals surface area contributed by atoms with Gasteiger partial charge >= 0.3 is 0 Å². The maximum Gasteiger partial charge on any atom is 0.0499 e. The third kappa shape index (κ3) is 3.10. The van der Waals surface area contributed by atoms with E-state index in [0.29, 0.717) is 6.04 Å². The smallest absolute Gasteiger partial charge is 0.0499 e. The Morgan fingerprint density at radius 3 is 2.76 bits per heavy atom. The van der Waals surface area contributed by atoms with Crippen LogP contribution in [-0.4, -0.2) is 11.0 Å². The highest BCUT2D eigenvalue weighted by Gasteiger charge is 2.06. The first-order valence-corrected chi connectivity index (χ1v) is 6.45. The molecule has 0 aliphatic carbocycles. The summed E-state index contributed by atoms with van der Waals surface area (Å²) in [5.74, 6) is 0.749. The SMILES string of the molecule is CC(C)CC(C)NCc1cccc2cc[nH]c12. The van der Waals surface area contributed by atoms with E-state index < -0.39 is 0 Å². The van der Waals surface area contributed by atoms with Crippen molar-refractivity contribution >= 4 is 10.9 Å².